The molecule has 0 saturated carbocycles. The molecule has 1 aromatic carbocycles. The molecular formula is C34H55FN2O. The van der Waals surface area contributed by atoms with Gasteiger partial charge in [-0.1, -0.05) is 117 Å². The smallest absolute Gasteiger partial charge is 0.159 e. The van der Waals surface area contributed by atoms with Gasteiger partial charge in [0.25, 0.3) is 0 Å². The number of ether oxygens (including phenoxy) is 1. The van der Waals surface area contributed by atoms with Gasteiger partial charge in [0.05, 0.1) is 6.61 Å². The van der Waals surface area contributed by atoms with Crippen LogP contribution >= 0.6 is 0 Å². The average molecular weight is 527 g/mol. The standard InChI is InChI=1S/C34H55FN2O/c1-3-5-7-9-11-12-13-14-15-16-18-20-30-28-36-34(37-29-30)31-22-24-33(25-23-31)38-27-26-32(35)21-19-17-10-8-6-4-2/h22-25,28-29,32H,3-21,26-27H2,1-2H3. The summed E-state index contributed by atoms with van der Waals surface area (Å²) in [6, 6.07) is 7.83. The van der Waals surface area contributed by atoms with Crippen molar-refractivity contribution >= 4 is 0 Å². The summed E-state index contributed by atoms with van der Waals surface area (Å²) in [7, 11) is 0. The molecule has 1 heterocycles. The second-order valence-corrected chi connectivity index (χ2v) is 11.0. The van der Waals surface area contributed by atoms with E-state index in [0.717, 1.165) is 36.4 Å². The van der Waals surface area contributed by atoms with Crippen LogP contribution in [0, 0.1) is 0 Å². The summed E-state index contributed by atoms with van der Waals surface area (Å²) in [4.78, 5) is 9.17. The van der Waals surface area contributed by atoms with E-state index < -0.39 is 6.17 Å². The number of nitrogens with zero attached hydrogens (tertiary/aromatic N) is 2. The van der Waals surface area contributed by atoms with Gasteiger partial charge in [-0.25, -0.2) is 14.4 Å². The molecule has 3 nitrogen and oxygen atoms in total. The fraction of sp³-hybridized carbons (Fsp3) is 0.706. The number of rotatable bonds is 24. The topological polar surface area (TPSA) is 35.0 Å². The predicted octanol–water partition coefficient (Wildman–Crippen LogP) is 10.9. The van der Waals surface area contributed by atoms with E-state index in [-0.39, 0.29) is 0 Å². The van der Waals surface area contributed by atoms with E-state index in [1.165, 1.54) is 102 Å². The van der Waals surface area contributed by atoms with Crippen molar-refractivity contribution in [2.24, 2.45) is 0 Å². The predicted molar refractivity (Wildman–Crippen MR) is 161 cm³/mol. The number of hydrogen-bond donors (Lipinski definition) is 0. The first kappa shape index (κ1) is 32.2. The highest BCUT2D eigenvalue weighted by atomic mass is 19.1. The van der Waals surface area contributed by atoms with E-state index in [2.05, 4.69) is 23.8 Å². The van der Waals surface area contributed by atoms with Crippen molar-refractivity contribution in [3.05, 3.63) is 42.2 Å². The summed E-state index contributed by atoms with van der Waals surface area (Å²) < 4.78 is 19.9. The number of halogens is 1. The number of unbranched alkanes of at least 4 members (excludes halogenated alkanes) is 15. The van der Waals surface area contributed by atoms with Crippen LogP contribution in [0.15, 0.2) is 36.7 Å². The van der Waals surface area contributed by atoms with Gasteiger partial charge in [-0.15, -0.1) is 0 Å². The number of aryl methyl sites for hydroxylation is 1. The third kappa shape index (κ3) is 15.4. The molecule has 1 unspecified atom stereocenters. The lowest BCUT2D eigenvalue weighted by Gasteiger charge is -2.10. The van der Waals surface area contributed by atoms with Crippen molar-refractivity contribution in [2.45, 2.75) is 148 Å². The zero-order valence-corrected chi connectivity index (χ0v) is 24.6. The summed E-state index contributed by atoms with van der Waals surface area (Å²) in [5.74, 6) is 1.51. The van der Waals surface area contributed by atoms with Crippen molar-refractivity contribution in [1.29, 1.82) is 0 Å². The van der Waals surface area contributed by atoms with Crippen LogP contribution in [-0.4, -0.2) is 22.7 Å². The number of hydrogen-bond acceptors (Lipinski definition) is 3. The van der Waals surface area contributed by atoms with E-state index in [9.17, 15) is 4.39 Å². The minimum Gasteiger partial charge on any atom is -0.493 e. The lowest BCUT2D eigenvalue weighted by molar-refractivity contribution is 0.222. The van der Waals surface area contributed by atoms with Crippen molar-refractivity contribution < 1.29 is 9.13 Å². The highest BCUT2D eigenvalue weighted by molar-refractivity contribution is 5.55. The number of alkyl halides is 1. The van der Waals surface area contributed by atoms with Gasteiger partial charge in [0.2, 0.25) is 0 Å². The van der Waals surface area contributed by atoms with Crippen LogP contribution in [0.5, 0.6) is 5.75 Å². The molecule has 1 atom stereocenters. The molecule has 0 spiro atoms. The Kier molecular flexibility index (Phi) is 18.6. The Balaban J connectivity index is 1.55. The van der Waals surface area contributed by atoms with Crippen molar-refractivity contribution in [3.8, 4) is 17.1 Å². The molecule has 0 amide bonds. The highest BCUT2D eigenvalue weighted by Crippen LogP contribution is 2.21. The molecule has 0 fully saturated rings. The maximum absolute atomic E-state index is 14.1. The van der Waals surface area contributed by atoms with Crippen LogP contribution in [0.25, 0.3) is 11.4 Å². The van der Waals surface area contributed by atoms with Crippen molar-refractivity contribution in [2.75, 3.05) is 6.61 Å². The van der Waals surface area contributed by atoms with Gasteiger partial charge >= 0.3 is 0 Å². The first-order chi connectivity index (χ1) is 18.7. The molecule has 0 aliphatic rings. The molecule has 4 heteroatoms. The Morgan fingerprint density at radius 3 is 1.68 bits per heavy atom. The molecule has 0 saturated heterocycles. The number of aromatic nitrogens is 2. The van der Waals surface area contributed by atoms with Crippen LogP contribution in [0.4, 0.5) is 4.39 Å². The summed E-state index contributed by atoms with van der Waals surface area (Å²) in [6.07, 6.45) is 27.5. The van der Waals surface area contributed by atoms with Gasteiger partial charge in [0, 0.05) is 24.4 Å². The van der Waals surface area contributed by atoms with E-state index in [4.69, 9.17) is 4.74 Å². The van der Waals surface area contributed by atoms with Crippen molar-refractivity contribution in [1.82, 2.24) is 9.97 Å². The average Bonchev–Trinajstić information content (AvgIpc) is 2.94. The molecule has 2 aromatic rings. The quantitative estimate of drug-likeness (QED) is 0.128. The molecule has 214 valence electrons. The van der Waals surface area contributed by atoms with Crippen molar-refractivity contribution in [3.63, 3.8) is 0 Å². The largest absolute Gasteiger partial charge is 0.493 e. The Bertz CT molecular complexity index is 793. The maximum Gasteiger partial charge on any atom is 0.159 e. The number of benzene rings is 1. The molecule has 38 heavy (non-hydrogen) atoms. The molecule has 0 aliphatic carbocycles. The van der Waals surface area contributed by atoms with Gasteiger partial charge in [0.15, 0.2) is 5.82 Å². The van der Waals surface area contributed by atoms with E-state index >= 15 is 0 Å². The summed E-state index contributed by atoms with van der Waals surface area (Å²) in [5.41, 5.74) is 2.19. The Labute approximate surface area is 233 Å². The molecule has 0 aliphatic heterocycles. The van der Waals surface area contributed by atoms with E-state index in [1.54, 1.807) is 0 Å². The van der Waals surface area contributed by atoms with Gasteiger partial charge < -0.3 is 4.74 Å². The first-order valence-electron chi connectivity index (χ1n) is 15.9. The molecule has 0 bridgehead atoms. The molecular weight excluding hydrogens is 471 g/mol. The second kappa shape index (κ2) is 21.9. The fourth-order valence-corrected chi connectivity index (χ4v) is 4.92. The zero-order valence-electron chi connectivity index (χ0n) is 24.6. The molecule has 0 radical (unpaired) electrons. The van der Waals surface area contributed by atoms with Crippen LogP contribution in [0.1, 0.15) is 141 Å². The molecule has 1 aromatic heterocycles. The summed E-state index contributed by atoms with van der Waals surface area (Å²) in [5, 5.41) is 0. The minimum atomic E-state index is -0.766. The van der Waals surface area contributed by atoms with Gasteiger partial charge in [-0.05, 0) is 49.1 Å². The second-order valence-electron chi connectivity index (χ2n) is 11.0. The van der Waals surface area contributed by atoms with Gasteiger partial charge in [-0.2, -0.15) is 0 Å². The third-order valence-corrected chi connectivity index (χ3v) is 7.46. The summed E-state index contributed by atoms with van der Waals surface area (Å²) >= 11 is 0. The Morgan fingerprint density at radius 1 is 0.632 bits per heavy atom. The fourth-order valence-electron chi connectivity index (χ4n) is 4.92. The van der Waals surface area contributed by atoms with Crippen LogP contribution in [0.2, 0.25) is 0 Å². The molecule has 2 rings (SSSR count). The lowest BCUT2D eigenvalue weighted by Crippen LogP contribution is -2.07. The first-order valence-corrected chi connectivity index (χ1v) is 15.9. The Morgan fingerprint density at radius 2 is 1.13 bits per heavy atom. The maximum atomic E-state index is 14.1. The SMILES string of the molecule is CCCCCCCCCCCCCc1cnc(-c2ccc(OCCC(F)CCCCCCCC)cc2)nc1. The molecule has 0 N–H and O–H groups in total. The van der Waals surface area contributed by atoms with Gasteiger partial charge in [0.1, 0.15) is 11.9 Å². The summed E-state index contributed by atoms with van der Waals surface area (Å²) in [6.45, 7) is 4.91. The lowest BCUT2D eigenvalue weighted by atomic mass is 10.0. The monoisotopic (exact) mass is 526 g/mol. The third-order valence-electron chi connectivity index (χ3n) is 7.46. The minimum absolute atomic E-state index is 0.417. The van der Waals surface area contributed by atoms with E-state index in [1.807, 2.05) is 36.7 Å². The highest BCUT2D eigenvalue weighted by Gasteiger charge is 2.07. The van der Waals surface area contributed by atoms with Crippen LogP contribution in [-0.2, 0) is 6.42 Å². The van der Waals surface area contributed by atoms with E-state index in [0.29, 0.717) is 19.4 Å². The van der Waals surface area contributed by atoms with Crippen LogP contribution in [0.3, 0.4) is 0 Å². The van der Waals surface area contributed by atoms with Crippen LogP contribution < -0.4 is 4.74 Å². The Hall–Kier alpha value is -1.97. The zero-order chi connectivity index (χ0) is 27.1. The van der Waals surface area contributed by atoms with Gasteiger partial charge in [-0.3, -0.25) is 0 Å². The normalized spacial score (nSPS) is 12.1.